The van der Waals surface area contributed by atoms with Crippen LogP contribution in [-0.4, -0.2) is 19.0 Å². The summed E-state index contributed by atoms with van der Waals surface area (Å²) in [7, 11) is 0. The van der Waals surface area contributed by atoms with Gasteiger partial charge in [0.2, 0.25) is 0 Å². The van der Waals surface area contributed by atoms with E-state index in [1.165, 1.54) is 6.07 Å². The van der Waals surface area contributed by atoms with E-state index in [1.807, 2.05) is 12.1 Å². The van der Waals surface area contributed by atoms with Gasteiger partial charge in [-0.05, 0) is 40.9 Å². The molecule has 5 heteroatoms. The van der Waals surface area contributed by atoms with E-state index in [0.29, 0.717) is 11.0 Å². The fourth-order valence-corrected chi connectivity index (χ4v) is 1.86. The molecule has 0 spiro atoms. The maximum Gasteiger partial charge on any atom is 0.138 e. The zero-order chi connectivity index (χ0) is 13.0. The van der Waals surface area contributed by atoms with Crippen molar-refractivity contribution < 1.29 is 4.39 Å². The zero-order valence-corrected chi connectivity index (χ0v) is 11.1. The number of rotatable bonds is 3. The molecule has 1 aliphatic rings. The normalized spacial score (nSPS) is 17.0. The lowest BCUT2D eigenvalue weighted by Gasteiger charge is -2.03. The first-order valence-electron chi connectivity index (χ1n) is 5.30. The Labute approximate surface area is 113 Å². The molecule has 0 bridgehead atoms. The molecule has 2 rings (SSSR count). The molecule has 1 N–H and O–H groups in total. The average Bonchev–Trinajstić information content (AvgIpc) is 2.81. The van der Waals surface area contributed by atoms with Crippen LogP contribution in [0.5, 0.6) is 0 Å². The molecular formula is C13H11BrFN3. The van der Waals surface area contributed by atoms with E-state index >= 15 is 0 Å². The van der Waals surface area contributed by atoms with E-state index < -0.39 is 0 Å². The van der Waals surface area contributed by atoms with Gasteiger partial charge in [-0.15, -0.1) is 0 Å². The predicted molar refractivity (Wildman–Crippen MR) is 75.4 cm³/mol. The van der Waals surface area contributed by atoms with Crippen LogP contribution in [0.25, 0.3) is 0 Å². The van der Waals surface area contributed by atoms with Crippen LogP contribution in [0.15, 0.2) is 56.7 Å². The van der Waals surface area contributed by atoms with Gasteiger partial charge in [0.1, 0.15) is 5.82 Å². The van der Waals surface area contributed by atoms with Crippen LogP contribution >= 0.6 is 15.9 Å². The lowest BCUT2D eigenvalue weighted by molar-refractivity contribution is 0.621. The van der Waals surface area contributed by atoms with Crippen LogP contribution in [0.2, 0.25) is 0 Å². The third-order valence-corrected chi connectivity index (χ3v) is 3.09. The van der Waals surface area contributed by atoms with Gasteiger partial charge in [-0.25, -0.2) is 4.39 Å². The van der Waals surface area contributed by atoms with Gasteiger partial charge in [-0.1, -0.05) is 12.1 Å². The van der Waals surface area contributed by atoms with Crippen molar-refractivity contribution in [3.63, 3.8) is 0 Å². The van der Waals surface area contributed by atoms with Gasteiger partial charge >= 0.3 is 0 Å². The van der Waals surface area contributed by atoms with Crippen molar-refractivity contribution in [3.8, 4) is 0 Å². The van der Waals surface area contributed by atoms with Gasteiger partial charge in [0.25, 0.3) is 0 Å². The second-order valence-corrected chi connectivity index (χ2v) is 4.49. The Kier molecular flexibility index (Phi) is 4.04. The topological polar surface area (TPSA) is 36.8 Å². The Morgan fingerprint density at radius 1 is 1.50 bits per heavy atom. The molecule has 0 saturated heterocycles. The fourth-order valence-electron chi connectivity index (χ4n) is 1.61. The average molecular weight is 308 g/mol. The molecule has 92 valence electrons. The van der Waals surface area contributed by atoms with Gasteiger partial charge in [-0.2, -0.15) is 5.10 Å². The number of hydrogen-bond donors (Lipinski definition) is 1. The first kappa shape index (κ1) is 12.7. The highest BCUT2D eigenvalue weighted by Gasteiger charge is 2.15. The molecule has 1 aromatic carbocycles. The fraction of sp³-hybridized carbons (Fsp3) is 0.0769. The van der Waals surface area contributed by atoms with E-state index in [2.05, 4.69) is 38.2 Å². The summed E-state index contributed by atoms with van der Waals surface area (Å²) in [6.45, 7) is 3.98. The number of nitrogens with one attached hydrogen (secondary N) is 1. The molecule has 0 fully saturated rings. The lowest BCUT2D eigenvalue weighted by Crippen LogP contribution is -2.04. The molecule has 18 heavy (non-hydrogen) atoms. The highest BCUT2D eigenvalue weighted by atomic mass is 79.9. The molecule has 0 radical (unpaired) electrons. The lowest BCUT2D eigenvalue weighted by atomic mass is 10.0. The summed E-state index contributed by atoms with van der Waals surface area (Å²) in [6, 6.07) is 4.95. The Morgan fingerprint density at radius 3 is 3.06 bits per heavy atom. The maximum atomic E-state index is 13.5. The Bertz CT molecular complexity index is 561. The van der Waals surface area contributed by atoms with Crippen LogP contribution in [-0.2, 0) is 0 Å². The van der Waals surface area contributed by atoms with Gasteiger partial charge < -0.3 is 5.43 Å². The monoisotopic (exact) mass is 307 g/mol. The third kappa shape index (κ3) is 2.73. The van der Waals surface area contributed by atoms with Crippen molar-refractivity contribution in [2.75, 3.05) is 6.54 Å². The minimum Gasteiger partial charge on any atom is -0.305 e. The highest BCUT2D eigenvalue weighted by molar-refractivity contribution is 9.10. The first-order chi connectivity index (χ1) is 8.72. The van der Waals surface area contributed by atoms with Gasteiger partial charge in [0.15, 0.2) is 0 Å². The summed E-state index contributed by atoms with van der Waals surface area (Å²) in [6.07, 6.45) is 5.25. The van der Waals surface area contributed by atoms with E-state index in [9.17, 15) is 4.39 Å². The molecule has 1 aliphatic heterocycles. The van der Waals surface area contributed by atoms with Crippen molar-refractivity contribution >= 4 is 28.4 Å². The summed E-state index contributed by atoms with van der Waals surface area (Å²) in [5.41, 5.74) is 5.36. The SMILES string of the molecule is C=N/C=C\C=C1/CNN=C1c1ccc(Br)c(F)c1. The van der Waals surface area contributed by atoms with Crippen molar-refractivity contribution in [2.45, 2.75) is 0 Å². The van der Waals surface area contributed by atoms with Crippen LogP contribution < -0.4 is 5.43 Å². The van der Waals surface area contributed by atoms with Gasteiger partial charge in [-0.3, -0.25) is 4.99 Å². The molecule has 1 aromatic rings. The molecule has 1 heterocycles. The minimum atomic E-state index is -0.301. The molecule has 0 unspecified atom stereocenters. The molecule has 3 nitrogen and oxygen atoms in total. The van der Waals surface area contributed by atoms with E-state index in [-0.39, 0.29) is 5.82 Å². The summed E-state index contributed by atoms with van der Waals surface area (Å²) in [4.78, 5) is 3.62. The van der Waals surface area contributed by atoms with E-state index in [0.717, 1.165) is 16.8 Å². The molecule has 0 saturated carbocycles. The van der Waals surface area contributed by atoms with E-state index in [4.69, 9.17) is 0 Å². The molecule has 0 aromatic heterocycles. The quantitative estimate of drug-likeness (QED) is 0.856. The van der Waals surface area contributed by atoms with Crippen LogP contribution in [0, 0.1) is 5.82 Å². The number of nitrogens with zero attached hydrogens (tertiary/aromatic N) is 2. The summed E-state index contributed by atoms with van der Waals surface area (Å²) in [5.74, 6) is -0.301. The zero-order valence-electron chi connectivity index (χ0n) is 9.53. The number of allylic oxidation sites excluding steroid dienone is 2. The van der Waals surface area contributed by atoms with Gasteiger partial charge in [0, 0.05) is 17.3 Å². The van der Waals surface area contributed by atoms with Gasteiger partial charge in [0.05, 0.1) is 16.7 Å². The smallest absolute Gasteiger partial charge is 0.138 e. The van der Waals surface area contributed by atoms with Crippen LogP contribution in [0.4, 0.5) is 4.39 Å². The molecule has 0 atom stereocenters. The summed E-state index contributed by atoms with van der Waals surface area (Å²) < 4.78 is 13.9. The standard InChI is InChI=1S/C13H11BrFN3/c1-16-6-2-3-10-8-17-18-13(10)9-4-5-11(14)12(15)7-9/h2-7,17H,1,8H2/b6-2-,10-3+. The number of hydrogen-bond acceptors (Lipinski definition) is 3. The van der Waals surface area contributed by atoms with E-state index in [1.54, 1.807) is 18.3 Å². The number of halogens is 2. The van der Waals surface area contributed by atoms with Crippen LogP contribution in [0.1, 0.15) is 5.56 Å². The Morgan fingerprint density at radius 2 is 2.33 bits per heavy atom. The highest BCUT2D eigenvalue weighted by Crippen LogP contribution is 2.20. The molecular weight excluding hydrogens is 297 g/mol. The van der Waals surface area contributed by atoms with Crippen LogP contribution in [0.3, 0.4) is 0 Å². The number of hydrazone groups is 1. The Hall–Kier alpha value is -1.75. The number of aliphatic imine (C=N–C) groups is 1. The molecule has 0 amide bonds. The summed E-state index contributed by atoms with van der Waals surface area (Å²) >= 11 is 3.13. The predicted octanol–water partition coefficient (Wildman–Crippen LogP) is 3.04. The van der Waals surface area contributed by atoms with Crippen molar-refractivity contribution in [1.82, 2.24) is 5.43 Å². The first-order valence-corrected chi connectivity index (χ1v) is 6.09. The van der Waals surface area contributed by atoms with Crippen molar-refractivity contribution in [3.05, 3.63) is 58.0 Å². The third-order valence-electron chi connectivity index (χ3n) is 2.45. The second-order valence-electron chi connectivity index (χ2n) is 3.64. The Balaban J connectivity index is 2.31. The van der Waals surface area contributed by atoms with Crippen molar-refractivity contribution in [2.24, 2.45) is 10.1 Å². The largest absolute Gasteiger partial charge is 0.305 e. The van der Waals surface area contributed by atoms with Crippen molar-refractivity contribution in [1.29, 1.82) is 0 Å². The second kappa shape index (κ2) is 5.73. The maximum absolute atomic E-state index is 13.5. The minimum absolute atomic E-state index is 0.301. The number of benzene rings is 1. The summed E-state index contributed by atoms with van der Waals surface area (Å²) in [5, 5.41) is 4.17. The molecule has 0 aliphatic carbocycles.